The number of hydrogen-bond acceptors (Lipinski definition) is 2. The molecule has 0 aliphatic carbocycles. The number of benzene rings is 2. The molecule has 0 aliphatic heterocycles. The van der Waals surface area contributed by atoms with Crippen molar-refractivity contribution in [1.29, 1.82) is 0 Å². The summed E-state index contributed by atoms with van der Waals surface area (Å²) in [4.78, 5) is 0. The normalized spacial score (nSPS) is 12.2. The summed E-state index contributed by atoms with van der Waals surface area (Å²) in [6, 6.07) is 12.5. The number of ether oxygens (including phenoxy) is 1. The Labute approximate surface area is 135 Å². The van der Waals surface area contributed by atoms with E-state index in [9.17, 15) is 0 Å². The molecule has 0 radical (unpaired) electrons. The Morgan fingerprint density at radius 2 is 1.76 bits per heavy atom. The SMILES string of the molecule is CCC(N)Cc1cccc(Oc2cc(C)c(Br)c(C)c2)c1. The van der Waals surface area contributed by atoms with Crippen molar-refractivity contribution in [3.63, 3.8) is 0 Å². The van der Waals surface area contributed by atoms with E-state index in [4.69, 9.17) is 10.5 Å². The Balaban J connectivity index is 2.18. The molecule has 2 aromatic carbocycles. The van der Waals surface area contributed by atoms with Crippen molar-refractivity contribution in [3.05, 3.63) is 57.6 Å². The molecule has 112 valence electrons. The van der Waals surface area contributed by atoms with Gasteiger partial charge in [0, 0.05) is 10.5 Å². The van der Waals surface area contributed by atoms with Crippen molar-refractivity contribution < 1.29 is 4.74 Å². The summed E-state index contributed by atoms with van der Waals surface area (Å²) in [5, 5.41) is 0. The molecule has 0 spiro atoms. The predicted octanol–water partition coefficient (Wildman–Crippen LogP) is 5.14. The zero-order valence-electron chi connectivity index (χ0n) is 12.8. The highest BCUT2D eigenvalue weighted by Gasteiger charge is 2.06. The van der Waals surface area contributed by atoms with Gasteiger partial charge in [-0.25, -0.2) is 0 Å². The van der Waals surface area contributed by atoms with Crippen LogP contribution in [0.5, 0.6) is 11.5 Å². The van der Waals surface area contributed by atoms with E-state index >= 15 is 0 Å². The molecule has 2 aromatic rings. The molecule has 0 saturated carbocycles. The molecule has 3 heteroatoms. The third kappa shape index (κ3) is 4.32. The Morgan fingerprint density at radius 3 is 2.38 bits per heavy atom. The van der Waals surface area contributed by atoms with Crippen LogP contribution in [0.25, 0.3) is 0 Å². The highest BCUT2D eigenvalue weighted by Crippen LogP contribution is 2.29. The molecule has 0 aromatic heterocycles. The molecule has 0 saturated heterocycles. The Kier molecular flexibility index (Phi) is 5.43. The van der Waals surface area contributed by atoms with Gasteiger partial charge in [-0.05, 0) is 67.6 Å². The van der Waals surface area contributed by atoms with E-state index in [1.165, 1.54) is 16.7 Å². The van der Waals surface area contributed by atoms with Crippen LogP contribution < -0.4 is 10.5 Å². The molecule has 2 nitrogen and oxygen atoms in total. The van der Waals surface area contributed by atoms with Gasteiger partial charge in [0.15, 0.2) is 0 Å². The average molecular weight is 348 g/mol. The van der Waals surface area contributed by atoms with E-state index in [1.54, 1.807) is 0 Å². The highest BCUT2D eigenvalue weighted by atomic mass is 79.9. The predicted molar refractivity (Wildman–Crippen MR) is 92.1 cm³/mol. The molecule has 2 rings (SSSR count). The fourth-order valence-corrected chi connectivity index (χ4v) is 2.51. The van der Waals surface area contributed by atoms with Gasteiger partial charge in [-0.3, -0.25) is 0 Å². The van der Waals surface area contributed by atoms with Gasteiger partial charge in [-0.2, -0.15) is 0 Å². The van der Waals surface area contributed by atoms with Gasteiger partial charge in [0.1, 0.15) is 11.5 Å². The zero-order chi connectivity index (χ0) is 15.4. The maximum atomic E-state index is 6.02. The fourth-order valence-electron chi connectivity index (χ4n) is 2.28. The maximum absolute atomic E-state index is 6.02. The number of aryl methyl sites for hydroxylation is 2. The van der Waals surface area contributed by atoms with E-state index in [1.807, 2.05) is 24.3 Å². The zero-order valence-corrected chi connectivity index (χ0v) is 14.4. The molecule has 1 atom stereocenters. The Morgan fingerprint density at radius 1 is 1.10 bits per heavy atom. The van der Waals surface area contributed by atoms with E-state index in [0.29, 0.717) is 0 Å². The molecule has 2 N–H and O–H groups in total. The molecule has 0 heterocycles. The van der Waals surface area contributed by atoms with E-state index < -0.39 is 0 Å². The van der Waals surface area contributed by atoms with Crippen molar-refractivity contribution in [2.24, 2.45) is 5.73 Å². The molecule has 0 fully saturated rings. The summed E-state index contributed by atoms with van der Waals surface area (Å²) in [5.74, 6) is 1.72. The van der Waals surface area contributed by atoms with Crippen LogP contribution in [0.4, 0.5) is 0 Å². The van der Waals surface area contributed by atoms with Crippen LogP contribution in [-0.2, 0) is 6.42 Å². The van der Waals surface area contributed by atoms with E-state index in [2.05, 4.69) is 48.8 Å². The van der Waals surface area contributed by atoms with Gasteiger partial charge in [-0.15, -0.1) is 0 Å². The van der Waals surface area contributed by atoms with Crippen LogP contribution in [0.3, 0.4) is 0 Å². The minimum atomic E-state index is 0.206. The lowest BCUT2D eigenvalue weighted by Gasteiger charge is -2.12. The maximum Gasteiger partial charge on any atom is 0.128 e. The summed E-state index contributed by atoms with van der Waals surface area (Å²) in [7, 11) is 0. The van der Waals surface area contributed by atoms with Gasteiger partial charge in [0.05, 0.1) is 0 Å². The molecule has 1 unspecified atom stereocenters. The summed E-state index contributed by atoms with van der Waals surface area (Å²) in [6.45, 7) is 6.25. The topological polar surface area (TPSA) is 35.2 Å². The summed E-state index contributed by atoms with van der Waals surface area (Å²) < 4.78 is 7.13. The smallest absolute Gasteiger partial charge is 0.128 e. The highest BCUT2D eigenvalue weighted by molar-refractivity contribution is 9.10. The van der Waals surface area contributed by atoms with Crippen molar-refractivity contribution in [3.8, 4) is 11.5 Å². The second kappa shape index (κ2) is 7.10. The second-order valence-electron chi connectivity index (χ2n) is 5.49. The monoisotopic (exact) mass is 347 g/mol. The van der Waals surface area contributed by atoms with Gasteiger partial charge in [0.25, 0.3) is 0 Å². The van der Waals surface area contributed by atoms with Crippen molar-refractivity contribution in [2.45, 2.75) is 39.7 Å². The van der Waals surface area contributed by atoms with Gasteiger partial charge in [0.2, 0.25) is 0 Å². The summed E-state index contributed by atoms with van der Waals surface area (Å²) >= 11 is 3.58. The van der Waals surface area contributed by atoms with Crippen LogP contribution >= 0.6 is 15.9 Å². The molecular weight excluding hydrogens is 326 g/mol. The molecule has 0 aliphatic rings. The van der Waals surface area contributed by atoms with Crippen molar-refractivity contribution >= 4 is 15.9 Å². The van der Waals surface area contributed by atoms with Crippen LogP contribution in [0.15, 0.2) is 40.9 Å². The van der Waals surface area contributed by atoms with Gasteiger partial charge < -0.3 is 10.5 Å². The first-order valence-electron chi connectivity index (χ1n) is 7.28. The van der Waals surface area contributed by atoms with Crippen LogP contribution in [0, 0.1) is 13.8 Å². The molecule has 0 amide bonds. The Hall–Kier alpha value is -1.32. The minimum Gasteiger partial charge on any atom is -0.457 e. The first kappa shape index (κ1) is 16.1. The Bertz CT molecular complexity index is 601. The van der Waals surface area contributed by atoms with Gasteiger partial charge in [-0.1, -0.05) is 35.0 Å². The minimum absolute atomic E-state index is 0.206. The van der Waals surface area contributed by atoms with E-state index in [-0.39, 0.29) is 6.04 Å². The van der Waals surface area contributed by atoms with Crippen LogP contribution in [0.2, 0.25) is 0 Å². The summed E-state index contributed by atoms with van der Waals surface area (Å²) in [6.07, 6.45) is 1.86. The quantitative estimate of drug-likeness (QED) is 0.812. The molecule has 21 heavy (non-hydrogen) atoms. The van der Waals surface area contributed by atoms with E-state index in [0.717, 1.165) is 28.8 Å². The lowest BCUT2D eigenvalue weighted by Crippen LogP contribution is -2.21. The van der Waals surface area contributed by atoms with Crippen molar-refractivity contribution in [2.75, 3.05) is 0 Å². The first-order chi connectivity index (χ1) is 9.99. The molecule has 0 bridgehead atoms. The largest absolute Gasteiger partial charge is 0.457 e. The standard InChI is InChI=1S/C18H22BrNO/c1-4-15(20)10-14-6-5-7-16(11-14)21-17-8-12(2)18(19)13(3)9-17/h5-9,11,15H,4,10,20H2,1-3H3. The first-order valence-corrected chi connectivity index (χ1v) is 8.08. The number of rotatable bonds is 5. The van der Waals surface area contributed by atoms with Gasteiger partial charge >= 0.3 is 0 Å². The molecular formula is C18H22BrNO. The number of nitrogens with two attached hydrogens (primary N) is 1. The second-order valence-corrected chi connectivity index (χ2v) is 6.29. The lowest BCUT2D eigenvalue weighted by atomic mass is 10.0. The lowest BCUT2D eigenvalue weighted by molar-refractivity contribution is 0.480. The number of halogens is 1. The van der Waals surface area contributed by atoms with Crippen LogP contribution in [0.1, 0.15) is 30.0 Å². The fraction of sp³-hybridized carbons (Fsp3) is 0.333. The van der Waals surface area contributed by atoms with Crippen LogP contribution in [-0.4, -0.2) is 6.04 Å². The average Bonchev–Trinajstić information content (AvgIpc) is 2.45. The summed E-state index contributed by atoms with van der Waals surface area (Å²) in [5.41, 5.74) is 9.58. The third-order valence-electron chi connectivity index (χ3n) is 3.57. The third-order valence-corrected chi connectivity index (χ3v) is 4.82. The number of hydrogen-bond donors (Lipinski definition) is 1. The van der Waals surface area contributed by atoms with Crippen molar-refractivity contribution in [1.82, 2.24) is 0 Å².